The molecule has 0 saturated carbocycles. The molecule has 0 radical (unpaired) electrons. The minimum atomic E-state index is -0.229. The maximum Gasteiger partial charge on any atom is 0.305 e. The van der Waals surface area contributed by atoms with Gasteiger partial charge in [0.15, 0.2) is 0 Å². The van der Waals surface area contributed by atoms with Crippen molar-refractivity contribution in [2.24, 2.45) is 0 Å². The number of carbonyl (C=O) groups is 1. The van der Waals surface area contributed by atoms with Gasteiger partial charge in [0.2, 0.25) is 0 Å². The number of hydrogen-bond acceptors (Lipinski definition) is 2. The fourth-order valence-electron chi connectivity index (χ4n) is 0.637. The van der Waals surface area contributed by atoms with Crippen LogP contribution in [0, 0.1) is 0 Å². The van der Waals surface area contributed by atoms with Crippen molar-refractivity contribution in [3.05, 3.63) is 30.3 Å². The molecule has 0 aliphatic rings. The van der Waals surface area contributed by atoms with E-state index >= 15 is 0 Å². The third kappa shape index (κ3) is 3.15. The minimum absolute atomic E-state index is 0.135. The highest BCUT2D eigenvalue weighted by Crippen LogP contribution is 2.10. The first-order valence-corrected chi connectivity index (χ1v) is 4.18. The third-order valence-electron chi connectivity index (χ3n) is 1.09. The molecule has 0 N–H and O–H groups in total. The van der Waals surface area contributed by atoms with Gasteiger partial charge in [-0.1, -0.05) is 30.3 Å². The second-order valence-corrected chi connectivity index (χ2v) is 3.05. The summed E-state index contributed by atoms with van der Waals surface area (Å²) in [5.74, 6) is -0.229. The van der Waals surface area contributed by atoms with Crippen LogP contribution in [0.4, 0.5) is 0 Å². The van der Waals surface area contributed by atoms with E-state index in [-0.39, 0.29) is 14.8 Å². The van der Waals surface area contributed by atoms with Crippen molar-refractivity contribution in [3.63, 3.8) is 0 Å². The summed E-state index contributed by atoms with van der Waals surface area (Å²) in [5.41, 5.74) is 0. The first-order chi connectivity index (χ1) is 5.29. The summed E-state index contributed by atoms with van der Waals surface area (Å²) in [4.78, 5) is 10.4. The molecule has 1 atom stereocenters. The van der Waals surface area contributed by atoms with E-state index in [4.69, 9.17) is 4.52 Å². The molecule has 0 amide bonds. The fourth-order valence-corrected chi connectivity index (χ4v) is 1.23. The highest BCUT2D eigenvalue weighted by Gasteiger charge is 1.93. The zero-order valence-corrected chi connectivity index (χ0v) is 7.20. The Morgan fingerprint density at radius 3 is 2.55 bits per heavy atom. The lowest BCUT2D eigenvalue weighted by molar-refractivity contribution is -0.130. The summed E-state index contributed by atoms with van der Waals surface area (Å²) >= 11 is 0. The highest BCUT2D eigenvalue weighted by atomic mass is 31.1. The van der Waals surface area contributed by atoms with E-state index in [1.807, 2.05) is 30.3 Å². The first-order valence-electron chi connectivity index (χ1n) is 3.27. The van der Waals surface area contributed by atoms with E-state index in [0.717, 1.165) is 5.30 Å². The summed E-state index contributed by atoms with van der Waals surface area (Å²) in [5, 5.41) is 1.04. The van der Waals surface area contributed by atoms with Crippen LogP contribution in [0.3, 0.4) is 0 Å². The monoisotopic (exact) mass is 168 g/mol. The summed E-state index contributed by atoms with van der Waals surface area (Å²) in [6, 6.07) is 9.64. The second-order valence-electron chi connectivity index (χ2n) is 2.06. The van der Waals surface area contributed by atoms with Crippen LogP contribution in [0.2, 0.25) is 0 Å². The number of benzene rings is 1. The lowest BCUT2D eigenvalue weighted by Gasteiger charge is -1.99. The molecule has 1 unspecified atom stereocenters. The third-order valence-corrected chi connectivity index (χ3v) is 2.04. The van der Waals surface area contributed by atoms with E-state index in [1.165, 1.54) is 6.92 Å². The number of rotatable bonds is 2. The molecule has 0 saturated heterocycles. The van der Waals surface area contributed by atoms with Crippen molar-refractivity contribution in [3.8, 4) is 0 Å². The van der Waals surface area contributed by atoms with Gasteiger partial charge in [-0.3, -0.25) is 4.79 Å². The van der Waals surface area contributed by atoms with Crippen molar-refractivity contribution >= 4 is 20.1 Å². The van der Waals surface area contributed by atoms with Crippen LogP contribution in [-0.2, 0) is 9.32 Å². The van der Waals surface area contributed by atoms with Crippen molar-refractivity contribution in [2.75, 3.05) is 0 Å². The summed E-state index contributed by atoms with van der Waals surface area (Å²) in [6.45, 7) is 1.41. The minimum Gasteiger partial charge on any atom is -0.443 e. The molecular weight excluding hydrogens is 159 g/mol. The molecule has 0 heterocycles. The van der Waals surface area contributed by atoms with E-state index in [0.29, 0.717) is 0 Å². The number of carbonyl (C=O) groups excluding carboxylic acids is 1. The SMILES string of the molecule is CC(=O)OPc1ccccc1. The van der Waals surface area contributed by atoms with Crippen LogP contribution in [0.1, 0.15) is 6.92 Å². The predicted molar refractivity (Wildman–Crippen MR) is 46.2 cm³/mol. The molecule has 0 spiro atoms. The van der Waals surface area contributed by atoms with Crippen LogP contribution < -0.4 is 5.30 Å². The molecule has 1 aromatic rings. The Morgan fingerprint density at radius 1 is 1.36 bits per heavy atom. The molecule has 2 nitrogen and oxygen atoms in total. The van der Waals surface area contributed by atoms with Crippen molar-refractivity contribution < 1.29 is 9.32 Å². The van der Waals surface area contributed by atoms with Gasteiger partial charge in [-0.25, -0.2) is 0 Å². The summed E-state index contributed by atoms with van der Waals surface area (Å²) in [7, 11) is 0.135. The van der Waals surface area contributed by atoms with Crippen molar-refractivity contribution in [2.45, 2.75) is 6.92 Å². The standard InChI is InChI=1S/C8H9O2P/c1-7(9)10-11-8-5-3-2-4-6-8/h2-6,11H,1H3. The lowest BCUT2D eigenvalue weighted by atomic mass is 10.4. The Labute approximate surface area is 67.4 Å². The maximum atomic E-state index is 10.4. The average molecular weight is 168 g/mol. The van der Waals surface area contributed by atoms with Gasteiger partial charge in [0.1, 0.15) is 8.81 Å². The molecular formula is C8H9O2P. The van der Waals surface area contributed by atoms with Gasteiger partial charge in [0, 0.05) is 12.2 Å². The van der Waals surface area contributed by atoms with Crippen LogP contribution in [0.5, 0.6) is 0 Å². The Bertz CT molecular complexity index is 233. The van der Waals surface area contributed by atoms with E-state index in [9.17, 15) is 4.79 Å². The van der Waals surface area contributed by atoms with Gasteiger partial charge >= 0.3 is 5.97 Å². The molecule has 1 aromatic carbocycles. The second kappa shape index (κ2) is 4.09. The molecule has 11 heavy (non-hydrogen) atoms. The maximum absolute atomic E-state index is 10.4. The molecule has 0 bridgehead atoms. The lowest BCUT2D eigenvalue weighted by Crippen LogP contribution is -1.96. The normalized spacial score (nSPS) is 10.3. The molecule has 0 aromatic heterocycles. The summed E-state index contributed by atoms with van der Waals surface area (Å²) < 4.78 is 4.82. The average Bonchev–Trinajstić information content (AvgIpc) is 2.03. The van der Waals surface area contributed by atoms with Gasteiger partial charge in [-0.05, 0) is 0 Å². The topological polar surface area (TPSA) is 26.3 Å². The van der Waals surface area contributed by atoms with E-state index in [1.54, 1.807) is 0 Å². The van der Waals surface area contributed by atoms with Crippen LogP contribution in [0.25, 0.3) is 0 Å². The largest absolute Gasteiger partial charge is 0.443 e. The summed E-state index contributed by atoms with van der Waals surface area (Å²) in [6.07, 6.45) is 0. The van der Waals surface area contributed by atoms with Gasteiger partial charge in [0.25, 0.3) is 0 Å². The van der Waals surface area contributed by atoms with Crippen LogP contribution in [-0.4, -0.2) is 5.97 Å². The highest BCUT2D eigenvalue weighted by molar-refractivity contribution is 7.42. The Morgan fingerprint density at radius 2 is 2.00 bits per heavy atom. The van der Waals surface area contributed by atoms with Crippen molar-refractivity contribution in [1.29, 1.82) is 0 Å². The Hall–Kier alpha value is -0.880. The van der Waals surface area contributed by atoms with Crippen LogP contribution >= 0.6 is 8.81 Å². The van der Waals surface area contributed by atoms with Crippen molar-refractivity contribution in [1.82, 2.24) is 0 Å². The van der Waals surface area contributed by atoms with Gasteiger partial charge in [-0.2, -0.15) is 0 Å². The molecule has 3 heteroatoms. The molecule has 0 aliphatic carbocycles. The quantitative estimate of drug-likeness (QED) is 0.625. The molecule has 0 fully saturated rings. The zero-order valence-electron chi connectivity index (χ0n) is 6.20. The van der Waals surface area contributed by atoms with E-state index < -0.39 is 0 Å². The first kappa shape index (κ1) is 8.22. The smallest absolute Gasteiger partial charge is 0.305 e. The number of hydrogen-bond donors (Lipinski definition) is 0. The zero-order chi connectivity index (χ0) is 8.10. The Balaban J connectivity index is 2.45. The predicted octanol–water partition coefficient (Wildman–Crippen LogP) is 1.47. The Kier molecular flexibility index (Phi) is 3.06. The van der Waals surface area contributed by atoms with E-state index in [2.05, 4.69) is 0 Å². The fraction of sp³-hybridized carbons (Fsp3) is 0.125. The van der Waals surface area contributed by atoms with Gasteiger partial charge in [0.05, 0.1) is 0 Å². The molecule has 58 valence electrons. The van der Waals surface area contributed by atoms with Gasteiger partial charge < -0.3 is 4.52 Å². The van der Waals surface area contributed by atoms with Gasteiger partial charge in [-0.15, -0.1) is 0 Å². The molecule has 0 aliphatic heterocycles. The molecule has 1 rings (SSSR count). The van der Waals surface area contributed by atoms with Crippen LogP contribution in [0.15, 0.2) is 30.3 Å².